The Hall–Kier alpha value is -2.15. The number of halogens is 2. The molecule has 8 heteroatoms. The predicted octanol–water partition coefficient (Wildman–Crippen LogP) is 4.71. The first-order chi connectivity index (χ1) is 11.6. The number of nitrogens with zero attached hydrogens (tertiary/aromatic N) is 3. The third-order valence-corrected chi connectivity index (χ3v) is 4.10. The second kappa shape index (κ2) is 7.61. The summed E-state index contributed by atoms with van der Waals surface area (Å²) < 4.78 is 7.54. The minimum absolute atomic E-state index is 0.232. The summed E-state index contributed by atoms with van der Waals surface area (Å²) in [5.74, 6) is 1.30. The number of rotatable bonds is 5. The Morgan fingerprint density at radius 1 is 1.17 bits per heavy atom. The van der Waals surface area contributed by atoms with E-state index in [0.717, 1.165) is 11.3 Å². The van der Waals surface area contributed by atoms with E-state index in [9.17, 15) is 0 Å². The number of aromatic nitrogens is 3. The van der Waals surface area contributed by atoms with Crippen LogP contribution in [0.15, 0.2) is 53.6 Å². The third kappa shape index (κ3) is 4.03. The number of para-hydroxylation sites is 1. The van der Waals surface area contributed by atoms with Crippen LogP contribution in [-0.4, -0.2) is 21.1 Å². The summed E-state index contributed by atoms with van der Waals surface area (Å²) in [4.78, 5) is 0. The first kappa shape index (κ1) is 16.7. The Morgan fingerprint density at radius 3 is 2.71 bits per heavy atom. The Kier molecular flexibility index (Phi) is 5.30. The number of H-pyrrole nitrogens is 1. The molecule has 1 aromatic heterocycles. The SMILES string of the molecule is S=c1[nH]nc(COc2ccccc2)n1/N=C\c1ccc(Cl)c(Cl)c1. The van der Waals surface area contributed by atoms with Crippen molar-refractivity contribution >= 4 is 41.6 Å². The number of benzene rings is 2. The van der Waals surface area contributed by atoms with Crippen molar-refractivity contribution in [3.8, 4) is 5.75 Å². The third-order valence-electron chi connectivity index (χ3n) is 3.09. The van der Waals surface area contributed by atoms with Crippen molar-refractivity contribution in [3.05, 3.63) is 74.7 Å². The second-order valence-corrected chi connectivity index (χ2v) is 5.98. The van der Waals surface area contributed by atoms with E-state index < -0.39 is 0 Å². The molecule has 3 rings (SSSR count). The maximum Gasteiger partial charge on any atom is 0.216 e. The number of hydrogen-bond acceptors (Lipinski definition) is 4. The molecule has 0 aliphatic carbocycles. The lowest BCUT2D eigenvalue weighted by Crippen LogP contribution is -2.04. The Balaban J connectivity index is 1.78. The first-order valence-electron chi connectivity index (χ1n) is 6.97. The molecule has 0 fully saturated rings. The van der Waals surface area contributed by atoms with Crippen LogP contribution in [0.3, 0.4) is 0 Å². The molecule has 5 nitrogen and oxygen atoms in total. The van der Waals surface area contributed by atoms with Gasteiger partial charge in [-0.05, 0) is 42.0 Å². The molecule has 0 atom stereocenters. The van der Waals surface area contributed by atoms with E-state index in [2.05, 4.69) is 15.3 Å². The molecule has 0 saturated carbocycles. The van der Waals surface area contributed by atoms with E-state index >= 15 is 0 Å². The highest BCUT2D eigenvalue weighted by Gasteiger charge is 2.06. The van der Waals surface area contributed by atoms with E-state index in [1.807, 2.05) is 36.4 Å². The summed E-state index contributed by atoms with van der Waals surface area (Å²) in [5.41, 5.74) is 0.794. The Morgan fingerprint density at radius 2 is 1.96 bits per heavy atom. The average molecular weight is 379 g/mol. The fourth-order valence-corrected chi connectivity index (χ4v) is 2.42. The second-order valence-electron chi connectivity index (χ2n) is 4.78. The zero-order valence-corrected chi connectivity index (χ0v) is 14.6. The minimum Gasteiger partial charge on any atom is -0.486 e. The van der Waals surface area contributed by atoms with Gasteiger partial charge in [0.25, 0.3) is 0 Å². The molecular formula is C16H12Cl2N4OS. The average Bonchev–Trinajstić information content (AvgIpc) is 2.95. The van der Waals surface area contributed by atoms with Crippen molar-refractivity contribution in [3.63, 3.8) is 0 Å². The lowest BCUT2D eigenvalue weighted by atomic mass is 10.2. The van der Waals surface area contributed by atoms with Gasteiger partial charge in [-0.3, -0.25) is 0 Å². The summed E-state index contributed by atoms with van der Waals surface area (Å²) in [7, 11) is 0. The van der Waals surface area contributed by atoms with Crippen LogP contribution >= 0.6 is 35.4 Å². The molecule has 0 spiro atoms. The van der Waals surface area contributed by atoms with Crippen molar-refractivity contribution in [2.75, 3.05) is 0 Å². The maximum absolute atomic E-state index is 6.00. The molecule has 1 heterocycles. The van der Waals surface area contributed by atoms with Gasteiger partial charge in [0.2, 0.25) is 4.77 Å². The molecule has 0 saturated heterocycles. The van der Waals surface area contributed by atoms with Gasteiger partial charge in [0.05, 0.1) is 16.3 Å². The Labute approximate surface area is 153 Å². The van der Waals surface area contributed by atoms with Crippen LogP contribution in [0.1, 0.15) is 11.4 Å². The molecule has 0 radical (unpaired) electrons. The maximum atomic E-state index is 6.00. The van der Waals surface area contributed by atoms with Gasteiger partial charge in [0.1, 0.15) is 12.4 Å². The van der Waals surface area contributed by atoms with Gasteiger partial charge in [0, 0.05) is 0 Å². The van der Waals surface area contributed by atoms with Gasteiger partial charge in [-0.15, -0.1) is 0 Å². The predicted molar refractivity (Wildman–Crippen MR) is 97.6 cm³/mol. The zero-order chi connectivity index (χ0) is 16.9. The van der Waals surface area contributed by atoms with Gasteiger partial charge < -0.3 is 4.74 Å². The molecule has 2 aromatic carbocycles. The number of ether oxygens (including phenoxy) is 1. The van der Waals surface area contributed by atoms with Gasteiger partial charge >= 0.3 is 0 Å². The van der Waals surface area contributed by atoms with Gasteiger partial charge in [0.15, 0.2) is 5.82 Å². The van der Waals surface area contributed by atoms with Crippen LogP contribution in [0.2, 0.25) is 10.0 Å². The molecule has 0 aliphatic rings. The van der Waals surface area contributed by atoms with Crippen molar-refractivity contribution in [2.45, 2.75) is 6.61 Å². The Bertz CT molecular complexity index is 921. The molecular weight excluding hydrogens is 367 g/mol. The van der Waals surface area contributed by atoms with Crippen LogP contribution < -0.4 is 4.74 Å². The topological polar surface area (TPSA) is 55.2 Å². The van der Waals surface area contributed by atoms with Crippen molar-refractivity contribution in [1.29, 1.82) is 0 Å². The van der Waals surface area contributed by atoms with Crippen LogP contribution in [0.4, 0.5) is 0 Å². The minimum atomic E-state index is 0.232. The standard InChI is InChI=1S/C16H12Cl2N4OS/c17-13-7-6-11(8-14(13)18)9-19-22-15(20-21-16(22)24)10-23-12-4-2-1-3-5-12/h1-9H,10H2,(H,21,24)/b19-9-. The summed E-state index contributed by atoms with van der Waals surface area (Å²) in [6, 6.07) is 14.7. The van der Waals surface area contributed by atoms with E-state index in [1.165, 1.54) is 4.68 Å². The van der Waals surface area contributed by atoms with Crippen molar-refractivity contribution in [2.24, 2.45) is 5.10 Å². The largest absolute Gasteiger partial charge is 0.486 e. The van der Waals surface area contributed by atoms with E-state index in [-0.39, 0.29) is 6.61 Å². The smallest absolute Gasteiger partial charge is 0.216 e. The van der Waals surface area contributed by atoms with E-state index in [1.54, 1.807) is 18.3 Å². The fraction of sp³-hybridized carbons (Fsp3) is 0.0625. The highest BCUT2D eigenvalue weighted by Crippen LogP contribution is 2.21. The fourth-order valence-electron chi connectivity index (χ4n) is 1.92. The first-order valence-corrected chi connectivity index (χ1v) is 8.13. The van der Waals surface area contributed by atoms with Gasteiger partial charge in [-0.1, -0.05) is 47.5 Å². The lowest BCUT2D eigenvalue weighted by molar-refractivity contribution is 0.290. The quantitative estimate of drug-likeness (QED) is 0.516. The zero-order valence-electron chi connectivity index (χ0n) is 12.3. The molecule has 0 unspecified atom stereocenters. The molecule has 122 valence electrons. The number of aromatic amines is 1. The number of nitrogens with one attached hydrogen (secondary N) is 1. The van der Waals surface area contributed by atoms with Crippen molar-refractivity contribution < 1.29 is 4.74 Å². The number of hydrogen-bond donors (Lipinski definition) is 1. The van der Waals surface area contributed by atoms with Gasteiger partial charge in [-0.25, -0.2) is 5.10 Å². The molecule has 0 aliphatic heterocycles. The van der Waals surface area contributed by atoms with Gasteiger partial charge in [-0.2, -0.15) is 14.9 Å². The lowest BCUT2D eigenvalue weighted by Gasteiger charge is -2.05. The van der Waals surface area contributed by atoms with Crippen LogP contribution in [-0.2, 0) is 6.61 Å². The normalized spacial score (nSPS) is 11.1. The molecule has 24 heavy (non-hydrogen) atoms. The van der Waals surface area contributed by atoms with Crippen molar-refractivity contribution in [1.82, 2.24) is 14.9 Å². The summed E-state index contributed by atoms with van der Waals surface area (Å²) in [5, 5.41) is 12.1. The van der Waals surface area contributed by atoms with Crippen LogP contribution in [0.5, 0.6) is 5.75 Å². The monoisotopic (exact) mass is 378 g/mol. The summed E-state index contributed by atoms with van der Waals surface area (Å²) in [6.45, 7) is 0.232. The van der Waals surface area contributed by atoms with E-state index in [0.29, 0.717) is 20.6 Å². The van der Waals surface area contributed by atoms with E-state index in [4.69, 9.17) is 40.2 Å². The highest BCUT2D eigenvalue weighted by molar-refractivity contribution is 7.71. The van der Waals surface area contributed by atoms with Crippen LogP contribution in [0, 0.1) is 4.77 Å². The summed E-state index contributed by atoms with van der Waals surface area (Å²) in [6.07, 6.45) is 1.62. The molecule has 3 aromatic rings. The molecule has 1 N–H and O–H groups in total. The summed E-state index contributed by atoms with van der Waals surface area (Å²) >= 11 is 17.1. The molecule has 0 bridgehead atoms. The van der Waals surface area contributed by atoms with Crippen LogP contribution in [0.25, 0.3) is 0 Å². The highest BCUT2D eigenvalue weighted by atomic mass is 35.5. The molecule has 0 amide bonds.